The molecule has 1 heterocycles. The van der Waals surface area contributed by atoms with Crippen molar-refractivity contribution in [3.8, 4) is 5.75 Å². The lowest BCUT2D eigenvalue weighted by molar-refractivity contribution is -0.145. The van der Waals surface area contributed by atoms with Gasteiger partial charge in [-0.3, -0.25) is 9.59 Å². The van der Waals surface area contributed by atoms with E-state index in [1.807, 2.05) is 12.1 Å². The zero-order chi connectivity index (χ0) is 12.8. The second-order valence-corrected chi connectivity index (χ2v) is 4.82. The second-order valence-electron chi connectivity index (χ2n) is 4.82. The van der Waals surface area contributed by atoms with Crippen LogP contribution in [-0.2, 0) is 16.0 Å². The average Bonchev–Trinajstić information content (AvgIpc) is 3.08. The fourth-order valence-corrected chi connectivity index (χ4v) is 2.45. The first-order valence-electron chi connectivity index (χ1n) is 6.06. The van der Waals surface area contributed by atoms with E-state index in [0.717, 1.165) is 17.7 Å². The van der Waals surface area contributed by atoms with Crippen LogP contribution in [0.25, 0.3) is 0 Å². The average molecular weight is 246 g/mol. The van der Waals surface area contributed by atoms with E-state index in [0.29, 0.717) is 25.0 Å². The van der Waals surface area contributed by atoms with Gasteiger partial charge in [-0.2, -0.15) is 0 Å². The summed E-state index contributed by atoms with van der Waals surface area (Å²) in [6.07, 6.45) is 2.00. The number of Topliss-reactive ketones (excluding diaryl/α,β-unsaturated/α-hetero) is 1. The van der Waals surface area contributed by atoms with Crippen LogP contribution in [0.3, 0.4) is 0 Å². The molecule has 1 fully saturated rings. The number of rotatable bonds is 3. The molecule has 3 rings (SSSR count). The summed E-state index contributed by atoms with van der Waals surface area (Å²) in [4.78, 5) is 24.1. The third-order valence-corrected chi connectivity index (χ3v) is 3.71. The second kappa shape index (κ2) is 3.83. The summed E-state index contributed by atoms with van der Waals surface area (Å²) in [6, 6.07) is 5.38. The number of hydrogen-bond donors (Lipinski definition) is 0. The van der Waals surface area contributed by atoms with E-state index in [1.165, 1.54) is 7.11 Å². The van der Waals surface area contributed by atoms with Crippen molar-refractivity contribution in [3.05, 3.63) is 29.3 Å². The van der Waals surface area contributed by atoms with Gasteiger partial charge >= 0.3 is 5.97 Å². The van der Waals surface area contributed by atoms with Crippen LogP contribution in [0.1, 0.15) is 28.8 Å². The molecule has 0 unspecified atom stereocenters. The van der Waals surface area contributed by atoms with Crippen molar-refractivity contribution in [1.29, 1.82) is 0 Å². The molecule has 2 aliphatic rings. The Bertz CT molecular complexity index is 529. The molecule has 4 heteroatoms. The third-order valence-electron chi connectivity index (χ3n) is 3.71. The van der Waals surface area contributed by atoms with Crippen LogP contribution in [0.2, 0.25) is 0 Å². The maximum absolute atomic E-state index is 12.4. The normalized spacial score (nSPS) is 18.7. The minimum Gasteiger partial charge on any atom is -0.493 e. The van der Waals surface area contributed by atoms with E-state index in [-0.39, 0.29) is 5.78 Å². The van der Waals surface area contributed by atoms with E-state index in [4.69, 9.17) is 9.47 Å². The summed E-state index contributed by atoms with van der Waals surface area (Å²) in [5, 5.41) is 0. The number of fused-ring (bicyclic) bond motifs is 1. The highest BCUT2D eigenvalue weighted by Gasteiger charge is 2.57. The first-order chi connectivity index (χ1) is 8.67. The Labute approximate surface area is 105 Å². The van der Waals surface area contributed by atoms with Gasteiger partial charge in [-0.15, -0.1) is 0 Å². The molecule has 0 spiro atoms. The molecular formula is C14H14O4. The van der Waals surface area contributed by atoms with Crippen LogP contribution < -0.4 is 4.74 Å². The molecule has 0 radical (unpaired) electrons. The predicted octanol–water partition coefficient (Wildman–Crippen LogP) is 1.76. The SMILES string of the molecule is COC(=O)C1(C(=O)c2ccc3c(c2)CCO3)CC1. The van der Waals surface area contributed by atoms with Crippen molar-refractivity contribution < 1.29 is 19.1 Å². The number of methoxy groups -OCH3 is 1. The Balaban J connectivity index is 1.92. The molecule has 1 aromatic rings. The predicted molar refractivity (Wildman–Crippen MR) is 63.7 cm³/mol. The topological polar surface area (TPSA) is 52.6 Å². The summed E-state index contributed by atoms with van der Waals surface area (Å²) < 4.78 is 10.1. The van der Waals surface area contributed by atoms with Crippen LogP contribution in [0.5, 0.6) is 5.75 Å². The monoisotopic (exact) mass is 246 g/mol. The van der Waals surface area contributed by atoms with Crippen molar-refractivity contribution in [1.82, 2.24) is 0 Å². The number of ether oxygens (including phenoxy) is 2. The maximum Gasteiger partial charge on any atom is 0.319 e. The lowest BCUT2D eigenvalue weighted by Crippen LogP contribution is -2.27. The van der Waals surface area contributed by atoms with E-state index in [2.05, 4.69) is 0 Å². The first kappa shape index (κ1) is 11.3. The molecule has 1 saturated carbocycles. The van der Waals surface area contributed by atoms with E-state index in [1.54, 1.807) is 6.07 Å². The molecule has 0 aromatic heterocycles. The zero-order valence-corrected chi connectivity index (χ0v) is 10.2. The standard InChI is InChI=1S/C14H14O4/c1-17-13(16)14(5-6-14)12(15)10-2-3-11-9(8-10)4-7-18-11/h2-3,8H,4-7H2,1H3. The highest BCUT2D eigenvalue weighted by atomic mass is 16.5. The highest BCUT2D eigenvalue weighted by Crippen LogP contribution is 2.49. The van der Waals surface area contributed by atoms with Crippen molar-refractivity contribution in [2.24, 2.45) is 5.41 Å². The molecule has 1 aliphatic heterocycles. The number of carbonyl (C=O) groups excluding carboxylic acids is 2. The molecule has 0 bridgehead atoms. The van der Waals surface area contributed by atoms with Crippen LogP contribution in [0, 0.1) is 5.41 Å². The van der Waals surface area contributed by atoms with Crippen LogP contribution in [0.4, 0.5) is 0 Å². The van der Waals surface area contributed by atoms with Gasteiger partial charge in [0.25, 0.3) is 0 Å². The quantitative estimate of drug-likeness (QED) is 0.463. The molecule has 18 heavy (non-hydrogen) atoms. The molecule has 0 saturated heterocycles. The van der Waals surface area contributed by atoms with E-state index in [9.17, 15) is 9.59 Å². The first-order valence-corrected chi connectivity index (χ1v) is 6.06. The summed E-state index contributed by atoms with van der Waals surface area (Å²) >= 11 is 0. The Morgan fingerprint density at radius 3 is 2.78 bits per heavy atom. The van der Waals surface area contributed by atoms with Gasteiger partial charge in [0.05, 0.1) is 13.7 Å². The number of esters is 1. The molecule has 94 valence electrons. The van der Waals surface area contributed by atoms with Crippen molar-refractivity contribution in [2.45, 2.75) is 19.3 Å². The van der Waals surface area contributed by atoms with Gasteiger partial charge in [-0.25, -0.2) is 0 Å². The zero-order valence-electron chi connectivity index (χ0n) is 10.2. The molecule has 4 nitrogen and oxygen atoms in total. The van der Waals surface area contributed by atoms with Gasteiger partial charge in [-0.05, 0) is 36.6 Å². The Kier molecular flexibility index (Phi) is 2.40. The van der Waals surface area contributed by atoms with Gasteiger partial charge in [0, 0.05) is 12.0 Å². The van der Waals surface area contributed by atoms with Gasteiger partial charge < -0.3 is 9.47 Å². The summed E-state index contributed by atoms with van der Waals surface area (Å²) in [5.41, 5.74) is 0.714. The minimum absolute atomic E-state index is 0.121. The fourth-order valence-electron chi connectivity index (χ4n) is 2.45. The molecular weight excluding hydrogens is 232 g/mol. The van der Waals surface area contributed by atoms with Gasteiger partial charge in [0.2, 0.25) is 0 Å². The number of ketones is 1. The maximum atomic E-state index is 12.4. The lowest BCUT2D eigenvalue weighted by atomic mass is 9.93. The molecule has 0 N–H and O–H groups in total. The van der Waals surface area contributed by atoms with E-state index >= 15 is 0 Å². The van der Waals surface area contributed by atoms with Crippen molar-refractivity contribution in [3.63, 3.8) is 0 Å². The van der Waals surface area contributed by atoms with Crippen LogP contribution >= 0.6 is 0 Å². The number of benzene rings is 1. The van der Waals surface area contributed by atoms with Crippen LogP contribution in [-0.4, -0.2) is 25.5 Å². The molecule has 1 aromatic carbocycles. The number of hydrogen-bond acceptors (Lipinski definition) is 4. The largest absolute Gasteiger partial charge is 0.493 e. The summed E-state index contributed by atoms with van der Waals surface area (Å²) in [6.45, 7) is 0.662. The lowest BCUT2D eigenvalue weighted by Gasteiger charge is -2.11. The molecule has 1 aliphatic carbocycles. The van der Waals surface area contributed by atoms with Gasteiger partial charge in [0.1, 0.15) is 11.2 Å². The Morgan fingerprint density at radius 2 is 2.11 bits per heavy atom. The summed E-state index contributed by atoms with van der Waals surface area (Å²) in [7, 11) is 1.33. The van der Waals surface area contributed by atoms with E-state index < -0.39 is 11.4 Å². The third kappa shape index (κ3) is 1.52. The fraction of sp³-hybridized carbons (Fsp3) is 0.429. The number of carbonyl (C=O) groups is 2. The molecule has 0 amide bonds. The van der Waals surface area contributed by atoms with Gasteiger partial charge in [0.15, 0.2) is 5.78 Å². The van der Waals surface area contributed by atoms with Crippen molar-refractivity contribution >= 4 is 11.8 Å². The molecule has 0 atom stereocenters. The Morgan fingerprint density at radius 1 is 1.33 bits per heavy atom. The van der Waals surface area contributed by atoms with Crippen LogP contribution in [0.15, 0.2) is 18.2 Å². The van der Waals surface area contributed by atoms with Crippen molar-refractivity contribution in [2.75, 3.05) is 13.7 Å². The minimum atomic E-state index is -0.914. The summed E-state index contributed by atoms with van der Waals surface area (Å²) in [5.74, 6) is 0.308. The van der Waals surface area contributed by atoms with Gasteiger partial charge in [-0.1, -0.05) is 0 Å². The smallest absolute Gasteiger partial charge is 0.319 e. The Hall–Kier alpha value is -1.84. The highest BCUT2D eigenvalue weighted by molar-refractivity contribution is 6.14.